The van der Waals surface area contributed by atoms with Gasteiger partial charge < -0.3 is 0 Å². The minimum atomic E-state index is 0.520. The van der Waals surface area contributed by atoms with Crippen molar-refractivity contribution >= 4 is 0 Å². The molecule has 0 saturated heterocycles. The van der Waals surface area contributed by atoms with Crippen LogP contribution in [0.2, 0.25) is 0 Å². The summed E-state index contributed by atoms with van der Waals surface area (Å²) in [5, 5.41) is 0. The van der Waals surface area contributed by atoms with Gasteiger partial charge in [-0.3, -0.25) is 0 Å². The molecule has 3 unspecified atom stereocenters. The molecule has 1 fully saturated rings. The Morgan fingerprint density at radius 3 is 1.69 bits per heavy atom. The highest BCUT2D eigenvalue weighted by atomic mass is 14.5. The zero-order chi connectivity index (χ0) is 13.5. The van der Waals surface area contributed by atoms with Crippen LogP contribution in [0.4, 0.5) is 0 Å². The largest absolute Gasteiger partial charge is 0.0998 e. The second-order valence-electron chi connectivity index (χ2n) is 5.06. The van der Waals surface area contributed by atoms with Crippen LogP contribution in [0, 0.1) is 23.2 Å². The summed E-state index contributed by atoms with van der Waals surface area (Å²) in [6.45, 7) is 23.7. The molecule has 0 amide bonds. The second kappa shape index (κ2) is 7.92. The highest BCUT2D eigenvalue weighted by Crippen LogP contribution is 2.58. The summed E-state index contributed by atoms with van der Waals surface area (Å²) in [5.74, 6) is 2.43. The number of hydrogen-bond donors (Lipinski definition) is 0. The van der Waals surface area contributed by atoms with Gasteiger partial charge in [0.1, 0.15) is 0 Å². The molecular weight excluding hydrogens is 192 g/mol. The smallest absolute Gasteiger partial charge is 0.0147 e. The molecule has 0 spiro atoms. The molecule has 98 valence electrons. The van der Waals surface area contributed by atoms with Crippen LogP contribution in [0.15, 0.2) is 12.2 Å². The van der Waals surface area contributed by atoms with Crippen LogP contribution in [0.25, 0.3) is 0 Å². The number of allylic oxidation sites excluding steroid dienone is 1. The highest BCUT2D eigenvalue weighted by Gasteiger charge is 2.50. The van der Waals surface area contributed by atoms with Gasteiger partial charge in [-0.25, -0.2) is 0 Å². The van der Waals surface area contributed by atoms with Crippen LogP contribution < -0.4 is 0 Å². The van der Waals surface area contributed by atoms with Crippen molar-refractivity contribution in [2.75, 3.05) is 0 Å². The third-order valence-corrected chi connectivity index (χ3v) is 4.24. The van der Waals surface area contributed by atoms with Crippen molar-refractivity contribution in [2.45, 2.75) is 68.7 Å². The fraction of sp³-hybridized carbons (Fsp3) is 0.875. The molecule has 0 nitrogen and oxygen atoms in total. The van der Waals surface area contributed by atoms with Crippen molar-refractivity contribution in [1.82, 2.24) is 0 Å². The first-order valence-electron chi connectivity index (χ1n) is 7.06. The molecule has 1 aliphatic rings. The second-order valence-corrected chi connectivity index (χ2v) is 5.06. The molecule has 16 heavy (non-hydrogen) atoms. The van der Waals surface area contributed by atoms with E-state index in [4.69, 9.17) is 0 Å². The standard InChI is InChI=1S/C12H22.2C2H6/c1-8(2)11-7-10(5)12(11,6)9(3)4;2*1-2/h9-11H,1,7H2,2-6H3;2*1-2H3. The predicted molar refractivity (Wildman–Crippen MR) is 77.7 cm³/mol. The summed E-state index contributed by atoms with van der Waals surface area (Å²) in [7, 11) is 0. The summed E-state index contributed by atoms with van der Waals surface area (Å²) in [6, 6.07) is 0. The fourth-order valence-corrected chi connectivity index (χ4v) is 2.75. The van der Waals surface area contributed by atoms with Crippen molar-refractivity contribution in [3.8, 4) is 0 Å². The molecule has 1 saturated carbocycles. The Kier molecular flexibility index (Phi) is 8.97. The lowest BCUT2D eigenvalue weighted by atomic mass is 9.48. The Morgan fingerprint density at radius 2 is 1.56 bits per heavy atom. The molecule has 0 bridgehead atoms. The van der Waals surface area contributed by atoms with Crippen LogP contribution in [0.5, 0.6) is 0 Å². The van der Waals surface area contributed by atoms with Crippen LogP contribution in [-0.4, -0.2) is 0 Å². The molecule has 0 heteroatoms. The normalized spacial score (nSPS) is 31.6. The minimum Gasteiger partial charge on any atom is -0.0998 e. The summed E-state index contributed by atoms with van der Waals surface area (Å²) >= 11 is 0. The first-order chi connectivity index (χ1) is 7.40. The quantitative estimate of drug-likeness (QED) is 0.512. The van der Waals surface area contributed by atoms with Gasteiger partial charge in [-0.2, -0.15) is 0 Å². The van der Waals surface area contributed by atoms with Crippen molar-refractivity contribution < 1.29 is 0 Å². The monoisotopic (exact) mass is 226 g/mol. The molecule has 0 aromatic heterocycles. The molecule has 0 heterocycles. The van der Waals surface area contributed by atoms with Crippen LogP contribution >= 0.6 is 0 Å². The lowest BCUT2D eigenvalue weighted by Gasteiger charge is -2.56. The van der Waals surface area contributed by atoms with Gasteiger partial charge in [-0.15, -0.1) is 0 Å². The van der Waals surface area contributed by atoms with E-state index in [0.29, 0.717) is 5.41 Å². The molecule has 3 atom stereocenters. The van der Waals surface area contributed by atoms with Crippen LogP contribution in [-0.2, 0) is 0 Å². The van der Waals surface area contributed by atoms with Gasteiger partial charge in [0.15, 0.2) is 0 Å². The average molecular weight is 226 g/mol. The molecule has 0 aliphatic heterocycles. The van der Waals surface area contributed by atoms with E-state index in [2.05, 4.69) is 41.2 Å². The average Bonchev–Trinajstić information content (AvgIpc) is 2.29. The SMILES string of the molecule is C=C(C)C1CC(C)C1(C)C(C)C.CC.CC. The third kappa shape index (κ3) is 3.37. The van der Waals surface area contributed by atoms with Crippen molar-refractivity contribution in [3.05, 3.63) is 12.2 Å². The van der Waals surface area contributed by atoms with E-state index in [1.165, 1.54) is 12.0 Å². The summed E-state index contributed by atoms with van der Waals surface area (Å²) < 4.78 is 0. The van der Waals surface area contributed by atoms with Gasteiger partial charge in [0, 0.05) is 0 Å². The van der Waals surface area contributed by atoms with Gasteiger partial charge >= 0.3 is 0 Å². The van der Waals surface area contributed by atoms with Gasteiger partial charge in [-0.05, 0) is 36.5 Å². The summed E-state index contributed by atoms with van der Waals surface area (Å²) in [6.07, 6.45) is 1.35. The Hall–Kier alpha value is -0.260. The third-order valence-electron chi connectivity index (χ3n) is 4.24. The maximum atomic E-state index is 4.09. The van der Waals surface area contributed by atoms with Gasteiger partial charge in [0.05, 0.1) is 0 Å². The van der Waals surface area contributed by atoms with Gasteiger partial charge in [0.25, 0.3) is 0 Å². The fourth-order valence-electron chi connectivity index (χ4n) is 2.75. The van der Waals surface area contributed by atoms with Crippen molar-refractivity contribution in [3.63, 3.8) is 0 Å². The van der Waals surface area contributed by atoms with Crippen molar-refractivity contribution in [2.24, 2.45) is 23.2 Å². The maximum absolute atomic E-state index is 4.09. The Bertz CT molecular complexity index is 183. The minimum absolute atomic E-state index is 0.520. The zero-order valence-electron chi connectivity index (χ0n) is 13.1. The molecule has 0 N–H and O–H groups in total. The van der Waals surface area contributed by atoms with E-state index < -0.39 is 0 Å². The number of rotatable bonds is 2. The van der Waals surface area contributed by atoms with E-state index in [0.717, 1.165) is 17.8 Å². The molecule has 0 radical (unpaired) electrons. The van der Waals surface area contributed by atoms with E-state index >= 15 is 0 Å². The lowest BCUT2D eigenvalue weighted by molar-refractivity contribution is -0.0458. The van der Waals surface area contributed by atoms with E-state index in [-0.39, 0.29) is 0 Å². The number of hydrogen-bond acceptors (Lipinski definition) is 0. The topological polar surface area (TPSA) is 0 Å². The first-order valence-corrected chi connectivity index (χ1v) is 7.06. The zero-order valence-corrected chi connectivity index (χ0v) is 13.1. The predicted octanol–water partition coefficient (Wildman–Crippen LogP) is 5.93. The van der Waals surface area contributed by atoms with E-state index in [9.17, 15) is 0 Å². The Morgan fingerprint density at radius 1 is 1.19 bits per heavy atom. The summed E-state index contributed by atoms with van der Waals surface area (Å²) in [4.78, 5) is 0. The first kappa shape index (κ1) is 18.1. The van der Waals surface area contributed by atoms with Crippen LogP contribution in [0.1, 0.15) is 68.7 Å². The van der Waals surface area contributed by atoms with Crippen LogP contribution in [0.3, 0.4) is 0 Å². The molecule has 1 rings (SSSR count). The van der Waals surface area contributed by atoms with Crippen molar-refractivity contribution in [1.29, 1.82) is 0 Å². The highest BCUT2D eigenvalue weighted by molar-refractivity contribution is 5.13. The Labute approximate surface area is 105 Å². The van der Waals surface area contributed by atoms with Gasteiger partial charge in [-0.1, -0.05) is 67.5 Å². The summed E-state index contributed by atoms with van der Waals surface area (Å²) in [5.41, 5.74) is 1.90. The lowest BCUT2D eigenvalue weighted by Crippen LogP contribution is -2.49. The molecular formula is C16H34. The Balaban J connectivity index is 0. The molecule has 0 aromatic carbocycles. The van der Waals surface area contributed by atoms with Gasteiger partial charge in [0.2, 0.25) is 0 Å². The molecule has 0 aromatic rings. The van der Waals surface area contributed by atoms with E-state index in [1.807, 2.05) is 27.7 Å². The maximum Gasteiger partial charge on any atom is -0.0147 e. The molecule has 1 aliphatic carbocycles. The van der Waals surface area contributed by atoms with E-state index in [1.54, 1.807) is 0 Å².